The van der Waals surface area contributed by atoms with Gasteiger partial charge in [0.15, 0.2) is 23.3 Å². The SMILES string of the molecule is COC(=O)[C@@H](CCCN=C(N)N)NS(=O)(=O)c1cc(F)c(Oc2ccc(Cl)cc2)c(F)c1. The molecule has 0 spiro atoms. The van der Waals surface area contributed by atoms with Gasteiger partial charge in [0.25, 0.3) is 0 Å². The number of esters is 1. The predicted molar refractivity (Wildman–Crippen MR) is 114 cm³/mol. The third-order valence-electron chi connectivity index (χ3n) is 4.04. The lowest BCUT2D eigenvalue weighted by atomic mass is 10.2. The molecule has 174 valence electrons. The molecule has 0 aliphatic carbocycles. The zero-order valence-electron chi connectivity index (χ0n) is 16.8. The zero-order valence-corrected chi connectivity index (χ0v) is 18.4. The molecule has 9 nitrogen and oxygen atoms in total. The lowest BCUT2D eigenvalue weighted by Crippen LogP contribution is -2.41. The smallest absolute Gasteiger partial charge is 0.323 e. The first-order chi connectivity index (χ1) is 15.0. The van der Waals surface area contributed by atoms with Gasteiger partial charge < -0.3 is 20.9 Å². The Morgan fingerprint density at radius 3 is 2.31 bits per heavy atom. The second kappa shape index (κ2) is 11.1. The molecule has 0 aliphatic heterocycles. The van der Waals surface area contributed by atoms with Crippen LogP contribution in [-0.4, -0.2) is 40.0 Å². The van der Waals surface area contributed by atoms with Crippen molar-refractivity contribution in [3.05, 3.63) is 53.1 Å². The van der Waals surface area contributed by atoms with E-state index >= 15 is 0 Å². The first kappa shape index (κ1) is 25.3. The quantitative estimate of drug-likeness (QED) is 0.200. The molecule has 2 aromatic rings. The summed E-state index contributed by atoms with van der Waals surface area (Å²) in [5.74, 6) is -4.28. The molecule has 13 heteroatoms. The van der Waals surface area contributed by atoms with Crippen molar-refractivity contribution < 1.29 is 31.5 Å². The highest BCUT2D eigenvalue weighted by Crippen LogP contribution is 2.30. The van der Waals surface area contributed by atoms with Crippen molar-refractivity contribution in [1.82, 2.24) is 4.72 Å². The molecule has 32 heavy (non-hydrogen) atoms. The van der Waals surface area contributed by atoms with Crippen LogP contribution in [0.3, 0.4) is 0 Å². The number of halogens is 3. The molecule has 0 heterocycles. The summed E-state index contributed by atoms with van der Waals surface area (Å²) in [4.78, 5) is 14.9. The number of nitrogens with zero attached hydrogens (tertiary/aromatic N) is 1. The van der Waals surface area contributed by atoms with Crippen LogP contribution in [0, 0.1) is 11.6 Å². The summed E-state index contributed by atoms with van der Waals surface area (Å²) in [6.45, 7) is 0.136. The van der Waals surface area contributed by atoms with Crippen LogP contribution in [0.5, 0.6) is 11.5 Å². The van der Waals surface area contributed by atoms with Crippen LogP contribution in [0.15, 0.2) is 46.3 Å². The highest BCUT2D eigenvalue weighted by molar-refractivity contribution is 7.89. The number of aliphatic imine (C=N–C) groups is 1. The molecule has 0 saturated heterocycles. The van der Waals surface area contributed by atoms with Crippen molar-refractivity contribution in [2.75, 3.05) is 13.7 Å². The molecular weight excluding hydrogens is 470 g/mol. The fraction of sp³-hybridized carbons (Fsp3) is 0.263. The monoisotopic (exact) mass is 490 g/mol. The molecule has 0 aromatic heterocycles. The highest BCUT2D eigenvalue weighted by atomic mass is 35.5. The standard InChI is InChI=1S/C19H21ClF2N4O5S/c1-30-18(27)16(3-2-8-25-19(23)24)26-32(28,29)13-9-14(21)17(15(22)10-13)31-12-6-4-11(20)5-7-12/h4-7,9-10,16,26H,2-3,8H2,1H3,(H4,23,24,25)/t16-/m1/s1. The van der Waals surface area contributed by atoms with Gasteiger partial charge in [-0.3, -0.25) is 9.79 Å². The average Bonchev–Trinajstić information content (AvgIpc) is 2.73. The van der Waals surface area contributed by atoms with E-state index < -0.39 is 44.3 Å². The van der Waals surface area contributed by atoms with Crippen LogP contribution in [0.4, 0.5) is 8.78 Å². The third-order valence-corrected chi connectivity index (χ3v) is 5.75. The van der Waals surface area contributed by atoms with Crippen molar-refractivity contribution in [1.29, 1.82) is 0 Å². The van der Waals surface area contributed by atoms with Gasteiger partial charge in [-0.1, -0.05) is 11.6 Å². The fourth-order valence-electron chi connectivity index (χ4n) is 2.54. The van der Waals surface area contributed by atoms with Gasteiger partial charge in [0.1, 0.15) is 11.8 Å². The number of benzene rings is 2. The number of nitrogens with two attached hydrogens (primary N) is 2. The third kappa shape index (κ3) is 7.04. The lowest BCUT2D eigenvalue weighted by molar-refractivity contribution is -0.142. The summed E-state index contributed by atoms with van der Waals surface area (Å²) in [7, 11) is -3.43. The molecule has 0 fully saturated rings. The predicted octanol–water partition coefficient (Wildman–Crippen LogP) is 2.28. The molecule has 5 N–H and O–H groups in total. The van der Waals surface area contributed by atoms with E-state index in [1.807, 2.05) is 0 Å². The molecule has 0 radical (unpaired) electrons. The van der Waals surface area contributed by atoms with Gasteiger partial charge in [-0.2, -0.15) is 4.72 Å². The van der Waals surface area contributed by atoms with E-state index in [2.05, 4.69) is 14.5 Å². The zero-order chi connectivity index (χ0) is 23.9. The number of hydrogen-bond donors (Lipinski definition) is 3. The van der Waals surface area contributed by atoms with Gasteiger partial charge in [-0.15, -0.1) is 0 Å². The molecule has 0 aliphatic rings. The van der Waals surface area contributed by atoms with E-state index in [0.717, 1.165) is 7.11 Å². The fourth-order valence-corrected chi connectivity index (χ4v) is 3.90. The van der Waals surface area contributed by atoms with E-state index in [1.54, 1.807) is 0 Å². The van der Waals surface area contributed by atoms with Gasteiger partial charge in [-0.25, -0.2) is 17.2 Å². The lowest BCUT2D eigenvalue weighted by Gasteiger charge is -2.17. The minimum absolute atomic E-state index is 0.0224. The van der Waals surface area contributed by atoms with Crippen LogP contribution in [-0.2, 0) is 19.6 Å². The number of methoxy groups -OCH3 is 1. The van der Waals surface area contributed by atoms with Crippen molar-refractivity contribution in [2.45, 2.75) is 23.8 Å². The van der Waals surface area contributed by atoms with E-state index in [-0.39, 0.29) is 31.1 Å². The van der Waals surface area contributed by atoms with E-state index in [4.69, 9.17) is 27.8 Å². The van der Waals surface area contributed by atoms with Crippen LogP contribution in [0.25, 0.3) is 0 Å². The molecule has 2 rings (SSSR count). The molecule has 0 unspecified atom stereocenters. The maximum Gasteiger partial charge on any atom is 0.323 e. The van der Waals surface area contributed by atoms with Gasteiger partial charge in [0, 0.05) is 11.6 Å². The van der Waals surface area contributed by atoms with E-state index in [0.29, 0.717) is 17.2 Å². The number of nitrogens with one attached hydrogen (secondary N) is 1. The highest BCUT2D eigenvalue weighted by Gasteiger charge is 2.28. The molecule has 0 amide bonds. The molecule has 2 aromatic carbocycles. The Kier molecular flexibility index (Phi) is 8.75. The Morgan fingerprint density at radius 2 is 1.78 bits per heavy atom. The van der Waals surface area contributed by atoms with Gasteiger partial charge in [0.2, 0.25) is 10.0 Å². The van der Waals surface area contributed by atoms with E-state index in [1.165, 1.54) is 24.3 Å². The van der Waals surface area contributed by atoms with Crippen molar-refractivity contribution in [2.24, 2.45) is 16.5 Å². The molecule has 1 atom stereocenters. The first-order valence-electron chi connectivity index (χ1n) is 9.11. The Hall–Kier alpha value is -2.96. The van der Waals surface area contributed by atoms with Crippen molar-refractivity contribution >= 4 is 33.6 Å². The minimum Gasteiger partial charge on any atom is -0.468 e. The Labute approximate surface area is 188 Å². The largest absolute Gasteiger partial charge is 0.468 e. The number of guanidine groups is 1. The summed E-state index contributed by atoms with van der Waals surface area (Å²) in [5.41, 5.74) is 10.4. The molecule has 0 bridgehead atoms. The Bertz CT molecular complexity index is 1070. The molecular formula is C19H21ClF2N4O5S. The second-order valence-electron chi connectivity index (χ2n) is 6.42. The summed E-state index contributed by atoms with van der Waals surface area (Å²) in [5, 5.41) is 0.393. The normalized spacial score (nSPS) is 12.1. The van der Waals surface area contributed by atoms with E-state index in [9.17, 15) is 22.0 Å². The number of hydrogen-bond acceptors (Lipinski definition) is 6. The van der Waals surface area contributed by atoms with Crippen LogP contribution < -0.4 is 20.9 Å². The average molecular weight is 491 g/mol. The van der Waals surface area contributed by atoms with Crippen molar-refractivity contribution in [3.8, 4) is 11.5 Å². The number of sulfonamides is 1. The number of carbonyl (C=O) groups excluding carboxylic acids is 1. The second-order valence-corrected chi connectivity index (χ2v) is 8.57. The summed E-state index contributed by atoms with van der Waals surface area (Å²) in [6.07, 6.45) is 0.211. The van der Waals surface area contributed by atoms with Crippen LogP contribution >= 0.6 is 11.6 Å². The summed E-state index contributed by atoms with van der Waals surface area (Å²) in [6, 6.07) is 5.50. The topological polar surface area (TPSA) is 146 Å². The minimum atomic E-state index is -4.50. The summed E-state index contributed by atoms with van der Waals surface area (Å²) >= 11 is 5.75. The first-order valence-corrected chi connectivity index (χ1v) is 11.0. The summed E-state index contributed by atoms with van der Waals surface area (Å²) < 4.78 is 66.1. The number of rotatable bonds is 10. The maximum absolute atomic E-state index is 14.5. The van der Waals surface area contributed by atoms with Gasteiger partial charge in [0.05, 0.1) is 12.0 Å². The number of carbonyl (C=O) groups is 1. The Morgan fingerprint density at radius 1 is 1.19 bits per heavy atom. The molecule has 0 saturated carbocycles. The Balaban J connectivity index is 2.22. The van der Waals surface area contributed by atoms with Crippen LogP contribution in [0.2, 0.25) is 5.02 Å². The van der Waals surface area contributed by atoms with Crippen LogP contribution in [0.1, 0.15) is 12.8 Å². The van der Waals surface area contributed by atoms with Crippen molar-refractivity contribution in [3.63, 3.8) is 0 Å². The van der Waals surface area contributed by atoms with Gasteiger partial charge >= 0.3 is 5.97 Å². The number of ether oxygens (including phenoxy) is 2. The van der Waals surface area contributed by atoms with Gasteiger partial charge in [-0.05, 0) is 49.2 Å². The maximum atomic E-state index is 14.5.